The third-order valence-corrected chi connectivity index (χ3v) is 9.14. The van der Waals surface area contributed by atoms with Gasteiger partial charge in [0, 0.05) is 16.6 Å². The molecule has 7 rings (SSSR count). The van der Waals surface area contributed by atoms with Gasteiger partial charge >= 0.3 is 11.9 Å². The van der Waals surface area contributed by atoms with Gasteiger partial charge in [-0.15, -0.1) is 0 Å². The van der Waals surface area contributed by atoms with E-state index in [9.17, 15) is 9.59 Å². The smallest absolute Gasteiger partial charge is 0.330 e. The van der Waals surface area contributed by atoms with Crippen LogP contribution in [-0.2, 0) is 24.5 Å². The summed E-state index contributed by atoms with van der Waals surface area (Å²) in [4.78, 5) is 24.6. The Balaban J connectivity index is 1.46. The predicted octanol–water partition coefficient (Wildman–Crippen LogP) is 8.74. The van der Waals surface area contributed by atoms with Crippen molar-refractivity contribution in [3.63, 3.8) is 0 Å². The highest BCUT2D eigenvalue weighted by Gasteiger charge is 2.45. The Morgan fingerprint density at radius 3 is 1.95 bits per heavy atom. The van der Waals surface area contributed by atoms with Gasteiger partial charge in [-0.1, -0.05) is 108 Å². The Labute approximate surface area is 251 Å². The molecule has 0 aromatic heterocycles. The second kappa shape index (κ2) is 9.97. The maximum absolute atomic E-state index is 12.3. The van der Waals surface area contributed by atoms with Crippen LogP contribution in [-0.4, -0.2) is 25.2 Å². The summed E-state index contributed by atoms with van der Waals surface area (Å²) in [5.41, 5.74) is 5.11. The molecule has 0 saturated carbocycles. The third-order valence-electron chi connectivity index (χ3n) is 8.45. The van der Waals surface area contributed by atoms with Crippen LogP contribution in [0.15, 0.2) is 121 Å². The molecule has 5 heteroatoms. The first kappa shape index (κ1) is 26.2. The van der Waals surface area contributed by atoms with E-state index in [-0.39, 0.29) is 13.2 Å². The lowest BCUT2D eigenvalue weighted by atomic mass is 9.78. The first-order valence-electron chi connectivity index (χ1n) is 13.6. The second-order valence-electron chi connectivity index (χ2n) is 10.6. The van der Waals surface area contributed by atoms with Gasteiger partial charge in [-0.25, -0.2) is 9.59 Å². The average Bonchev–Trinajstić information content (AvgIpc) is 3.31. The average molecular weight is 614 g/mol. The van der Waals surface area contributed by atoms with Crippen LogP contribution in [0.2, 0.25) is 0 Å². The first-order chi connectivity index (χ1) is 20.4. The van der Waals surface area contributed by atoms with Crippen molar-refractivity contribution in [2.24, 2.45) is 0 Å². The Morgan fingerprint density at radius 1 is 0.667 bits per heavy atom. The minimum Gasteiger partial charge on any atom is -0.461 e. The predicted molar refractivity (Wildman–Crippen MR) is 172 cm³/mol. The van der Waals surface area contributed by atoms with Gasteiger partial charge in [-0.3, -0.25) is 0 Å². The van der Waals surface area contributed by atoms with Crippen molar-refractivity contribution in [2.45, 2.75) is 5.41 Å². The number of hydrogen-bond donors (Lipinski definition) is 0. The lowest BCUT2D eigenvalue weighted by molar-refractivity contribution is -0.143. The zero-order valence-corrected chi connectivity index (χ0v) is 24.2. The number of benzene rings is 6. The molecule has 4 nitrogen and oxygen atoms in total. The number of carbonyl (C=O) groups is 2. The molecule has 6 aromatic carbocycles. The van der Waals surface area contributed by atoms with Crippen LogP contribution >= 0.6 is 15.9 Å². The topological polar surface area (TPSA) is 52.6 Å². The van der Waals surface area contributed by atoms with Gasteiger partial charge in [0.05, 0.1) is 5.41 Å². The molecule has 0 radical (unpaired) electrons. The summed E-state index contributed by atoms with van der Waals surface area (Å²) in [6.45, 7) is 7.08. The Bertz CT molecular complexity index is 2070. The molecule has 1 aliphatic rings. The number of fused-ring (bicyclic) bond motifs is 3. The van der Waals surface area contributed by atoms with Crippen molar-refractivity contribution >= 4 is 60.2 Å². The summed E-state index contributed by atoms with van der Waals surface area (Å²) in [6.07, 6.45) is 2.29. The van der Waals surface area contributed by atoms with Gasteiger partial charge in [0.1, 0.15) is 13.2 Å². The molecule has 0 N–H and O–H groups in total. The van der Waals surface area contributed by atoms with Crippen LogP contribution in [0.5, 0.6) is 0 Å². The zero-order valence-electron chi connectivity index (χ0n) is 22.7. The van der Waals surface area contributed by atoms with Gasteiger partial charge in [0.15, 0.2) is 0 Å². The Kier molecular flexibility index (Phi) is 6.21. The number of ether oxygens (including phenoxy) is 2. The van der Waals surface area contributed by atoms with E-state index in [1.807, 2.05) is 24.3 Å². The third kappa shape index (κ3) is 3.88. The molecule has 0 spiro atoms. The fraction of sp³-hybridized carbons (Fsp3) is 0.0811. The van der Waals surface area contributed by atoms with Crippen LogP contribution in [0.25, 0.3) is 54.6 Å². The van der Waals surface area contributed by atoms with Crippen LogP contribution in [0, 0.1) is 0 Å². The molecular weight excluding hydrogens is 588 g/mol. The molecule has 0 amide bonds. The van der Waals surface area contributed by atoms with Crippen molar-refractivity contribution in [1.82, 2.24) is 0 Å². The SMILES string of the molecule is C=CC(=O)OCC1(COC(=O)C=C)c2ccccc2-c2ccc(-c3ccc4ccc5c(Br)ccc6ccc3c4c65)cc21. The van der Waals surface area contributed by atoms with Crippen molar-refractivity contribution in [2.75, 3.05) is 13.2 Å². The summed E-state index contributed by atoms with van der Waals surface area (Å²) in [6, 6.07) is 31.7. The molecule has 0 unspecified atom stereocenters. The van der Waals surface area contributed by atoms with E-state index in [4.69, 9.17) is 9.47 Å². The van der Waals surface area contributed by atoms with Gasteiger partial charge < -0.3 is 9.47 Å². The number of rotatable bonds is 7. The zero-order chi connectivity index (χ0) is 29.0. The molecule has 6 aromatic rings. The van der Waals surface area contributed by atoms with Crippen molar-refractivity contribution in [3.8, 4) is 22.3 Å². The summed E-state index contributed by atoms with van der Waals surface area (Å²) in [5, 5.41) is 7.16. The first-order valence-corrected chi connectivity index (χ1v) is 14.4. The van der Waals surface area contributed by atoms with Gasteiger partial charge in [-0.2, -0.15) is 0 Å². The van der Waals surface area contributed by atoms with Crippen LogP contribution < -0.4 is 0 Å². The molecular formula is C37H25BrO4. The summed E-state index contributed by atoms with van der Waals surface area (Å²) >= 11 is 3.74. The number of carbonyl (C=O) groups excluding carboxylic acids is 2. The van der Waals surface area contributed by atoms with E-state index in [1.54, 1.807) is 0 Å². The van der Waals surface area contributed by atoms with E-state index in [0.717, 1.165) is 55.4 Å². The van der Waals surface area contributed by atoms with Crippen molar-refractivity contribution in [1.29, 1.82) is 0 Å². The fourth-order valence-corrected chi connectivity index (χ4v) is 6.96. The molecule has 0 aliphatic heterocycles. The normalized spacial score (nSPS) is 13.2. The maximum atomic E-state index is 12.3. The monoisotopic (exact) mass is 612 g/mol. The lowest BCUT2D eigenvalue weighted by Gasteiger charge is -2.31. The molecule has 0 atom stereocenters. The molecule has 0 heterocycles. The molecule has 0 fully saturated rings. The number of esters is 2. The van der Waals surface area contributed by atoms with Gasteiger partial charge in [0.2, 0.25) is 0 Å². The van der Waals surface area contributed by atoms with Crippen LogP contribution in [0.3, 0.4) is 0 Å². The highest BCUT2D eigenvalue weighted by Crippen LogP contribution is 2.51. The number of hydrogen-bond acceptors (Lipinski definition) is 4. The Hall–Kier alpha value is -4.74. The summed E-state index contributed by atoms with van der Waals surface area (Å²) in [7, 11) is 0. The van der Waals surface area contributed by atoms with E-state index in [0.29, 0.717) is 0 Å². The quantitative estimate of drug-likeness (QED) is 0.103. The lowest BCUT2D eigenvalue weighted by Crippen LogP contribution is -2.38. The number of halogens is 1. The Morgan fingerprint density at radius 2 is 1.24 bits per heavy atom. The molecule has 0 saturated heterocycles. The summed E-state index contributed by atoms with van der Waals surface area (Å²) in [5.74, 6) is -1.08. The minimum absolute atomic E-state index is 0.0117. The summed E-state index contributed by atoms with van der Waals surface area (Å²) < 4.78 is 12.4. The second-order valence-corrected chi connectivity index (χ2v) is 11.4. The van der Waals surface area contributed by atoms with Crippen LogP contribution in [0.1, 0.15) is 11.1 Å². The molecule has 1 aliphatic carbocycles. The van der Waals surface area contributed by atoms with E-state index < -0.39 is 17.4 Å². The van der Waals surface area contributed by atoms with E-state index >= 15 is 0 Å². The van der Waals surface area contributed by atoms with E-state index in [1.165, 1.54) is 26.9 Å². The minimum atomic E-state index is -0.909. The molecule has 42 heavy (non-hydrogen) atoms. The highest BCUT2D eigenvalue weighted by molar-refractivity contribution is 9.10. The standard InChI is InChI=1S/C37H25BrO4/c1-3-33(39)41-20-37(21-42-34(40)4-2)30-8-6-5-7-26(30)27-15-12-24(19-31(27)37)25-14-9-22-11-17-29-32(38)18-13-23-10-16-28(25)35(22)36(23)29/h3-19H,1-2,20-21H2. The van der Waals surface area contributed by atoms with Gasteiger partial charge in [-0.05, 0) is 77.8 Å². The highest BCUT2D eigenvalue weighted by atomic mass is 79.9. The molecule has 0 bridgehead atoms. The fourth-order valence-electron chi connectivity index (χ4n) is 6.50. The molecule has 204 valence electrons. The maximum Gasteiger partial charge on any atom is 0.330 e. The van der Waals surface area contributed by atoms with E-state index in [2.05, 4.69) is 95.8 Å². The van der Waals surface area contributed by atoms with Crippen molar-refractivity contribution in [3.05, 3.63) is 132 Å². The van der Waals surface area contributed by atoms with Gasteiger partial charge in [0.25, 0.3) is 0 Å². The van der Waals surface area contributed by atoms with Crippen molar-refractivity contribution < 1.29 is 19.1 Å². The van der Waals surface area contributed by atoms with Crippen LogP contribution in [0.4, 0.5) is 0 Å². The largest absolute Gasteiger partial charge is 0.461 e.